The minimum Gasteiger partial charge on any atom is -0.349 e. The second-order valence-electron chi connectivity index (χ2n) is 2.98. The van der Waals surface area contributed by atoms with Crippen molar-refractivity contribution in [3.05, 3.63) is 24.3 Å². The highest BCUT2D eigenvalue weighted by atomic mass is 32.2. The highest BCUT2D eigenvalue weighted by Gasteiger charge is 2.17. The van der Waals surface area contributed by atoms with Crippen molar-refractivity contribution in [1.29, 1.82) is 0 Å². The van der Waals surface area contributed by atoms with Crippen LogP contribution in [-0.2, 0) is 4.74 Å². The Morgan fingerprint density at radius 1 is 1.36 bits per heavy atom. The number of hydrogen-bond donors (Lipinski definition) is 0. The molecule has 0 aliphatic carbocycles. The average molecular weight is 224 g/mol. The van der Waals surface area contributed by atoms with Gasteiger partial charge in [0.25, 0.3) is 0 Å². The van der Waals surface area contributed by atoms with Crippen LogP contribution in [0.3, 0.4) is 0 Å². The fourth-order valence-electron chi connectivity index (χ4n) is 1.22. The third-order valence-corrected chi connectivity index (χ3v) is 3.97. The molecular weight excluding hydrogens is 216 g/mol. The molecule has 0 N–H and O–H groups in total. The predicted molar refractivity (Wildman–Crippen MR) is 58.1 cm³/mol. The number of hydrogen-bond acceptors (Lipinski definition) is 5. The number of benzene rings is 1. The van der Waals surface area contributed by atoms with Gasteiger partial charge in [0.15, 0.2) is 4.34 Å². The van der Waals surface area contributed by atoms with Crippen LogP contribution in [0.4, 0.5) is 0 Å². The molecule has 0 saturated carbocycles. The van der Waals surface area contributed by atoms with Gasteiger partial charge in [-0.15, -0.1) is 11.3 Å². The molecule has 1 aliphatic rings. The zero-order chi connectivity index (χ0) is 9.38. The van der Waals surface area contributed by atoms with E-state index in [4.69, 9.17) is 4.74 Å². The van der Waals surface area contributed by atoms with E-state index in [-0.39, 0.29) is 0 Å². The zero-order valence-corrected chi connectivity index (χ0v) is 8.98. The smallest absolute Gasteiger partial charge is 0.166 e. The molecule has 0 radical (unpaired) electrons. The first-order chi connectivity index (χ1) is 6.92. The molecule has 14 heavy (non-hydrogen) atoms. The van der Waals surface area contributed by atoms with Crippen LogP contribution in [0.1, 0.15) is 0 Å². The van der Waals surface area contributed by atoms with Crippen molar-refractivity contribution in [2.75, 3.05) is 13.5 Å². The third-order valence-electron chi connectivity index (χ3n) is 1.95. The van der Waals surface area contributed by atoms with Crippen molar-refractivity contribution in [2.24, 2.45) is 0 Å². The molecule has 5 heteroatoms. The number of rotatable bonds is 2. The Kier molecular flexibility index (Phi) is 2.17. The zero-order valence-electron chi connectivity index (χ0n) is 7.34. The minimum absolute atomic E-state index is 0.709. The summed E-state index contributed by atoms with van der Waals surface area (Å²) in [4.78, 5) is 4.52. The predicted octanol–water partition coefficient (Wildman–Crippen LogP) is 2.55. The van der Waals surface area contributed by atoms with Crippen molar-refractivity contribution >= 4 is 33.5 Å². The summed E-state index contributed by atoms with van der Waals surface area (Å²) in [5.74, 6) is 0. The molecule has 2 aromatic rings. The molecule has 0 bridgehead atoms. The minimum atomic E-state index is 0.709. The lowest BCUT2D eigenvalue weighted by atomic mass is 10.3. The first kappa shape index (κ1) is 8.67. The molecule has 1 saturated heterocycles. The summed E-state index contributed by atoms with van der Waals surface area (Å²) >= 11 is 3.40. The normalized spacial score (nSPS) is 17.1. The first-order valence-corrected chi connectivity index (χ1v) is 5.87. The molecule has 3 nitrogen and oxygen atoms in total. The van der Waals surface area contributed by atoms with Crippen LogP contribution < -0.4 is 0 Å². The largest absolute Gasteiger partial charge is 0.349 e. The van der Waals surface area contributed by atoms with E-state index < -0.39 is 0 Å². The van der Waals surface area contributed by atoms with E-state index in [1.165, 1.54) is 4.70 Å². The van der Waals surface area contributed by atoms with E-state index >= 15 is 0 Å². The van der Waals surface area contributed by atoms with Gasteiger partial charge in [-0.1, -0.05) is 12.1 Å². The monoisotopic (exact) mass is 224 g/mol. The summed E-state index contributed by atoms with van der Waals surface area (Å²) in [6, 6.07) is 8.21. The van der Waals surface area contributed by atoms with E-state index in [0.717, 1.165) is 9.86 Å². The SMILES string of the molecule is c1ccc2sc(SN3COC3)nc2c1. The van der Waals surface area contributed by atoms with Crippen LogP contribution in [0.15, 0.2) is 28.6 Å². The molecule has 0 atom stereocenters. The Morgan fingerprint density at radius 2 is 2.21 bits per heavy atom. The number of thiazole rings is 1. The summed E-state index contributed by atoms with van der Waals surface area (Å²) in [6.45, 7) is 1.42. The maximum atomic E-state index is 5.06. The summed E-state index contributed by atoms with van der Waals surface area (Å²) < 4.78 is 9.54. The van der Waals surface area contributed by atoms with Crippen LogP contribution in [0.25, 0.3) is 10.2 Å². The van der Waals surface area contributed by atoms with E-state index in [0.29, 0.717) is 13.5 Å². The number of aromatic nitrogens is 1. The number of para-hydroxylation sites is 1. The quantitative estimate of drug-likeness (QED) is 0.732. The van der Waals surface area contributed by atoms with Crippen LogP contribution in [0.2, 0.25) is 0 Å². The highest BCUT2D eigenvalue weighted by Crippen LogP contribution is 2.32. The van der Waals surface area contributed by atoms with Crippen molar-refractivity contribution in [3.63, 3.8) is 0 Å². The molecule has 1 aliphatic heterocycles. The molecule has 0 unspecified atom stereocenters. The summed E-state index contributed by atoms with van der Waals surface area (Å²) in [7, 11) is 0. The molecule has 0 amide bonds. The molecule has 3 rings (SSSR count). The molecule has 1 fully saturated rings. The Morgan fingerprint density at radius 3 is 2.93 bits per heavy atom. The van der Waals surface area contributed by atoms with Gasteiger partial charge in [-0.25, -0.2) is 4.98 Å². The van der Waals surface area contributed by atoms with Gasteiger partial charge in [-0.05, 0) is 24.1 Å². The molecule has 1 aromatic carbocycles. The van der Waals surface area contributed by atoms with Crippen LogP contribution in [-0.4, -0.2) is 22.8 Å². The first-order valence-electron chi connectivity index (χ1n) is 4.28. The Hall–Kier alpha value is -0.620. The lowest BCUT2D eigenvalue weighted by Gasteiger charge is -2.27. The van der Waals surface area contributed by atoms with E-state index in [1.54, 1.807) is 23.3 Å². The van der Waals surface area contributed by atoms with Gasteiger partial charge in [-0.3, -0.25) is 0 Å². The molecular formula is C9H8N2OS2. The standard InChI is InChI=1S/C9H8N2OS2/c1-2-4-8-7(3-1)10-9(13-8)14-11-5-12-6-11/h1-4H,5-6H2. The average Bonchev–Trinajstić information content (AvgIpc) is 2.53. The topological polar surface area (TPSA) is 25.4 Å². The fraction of sp³-hybridized carbons (Fsp3) is 0.222. The second-order valence-corrected chi connectivity index (χ2v) is 5.36. The van der Waals surface area contributed by atoms with Crippen LogP contribution in [0.5, 0.6) is 0 Å². The van der Waals surface area contributed by atoms with Gasteiger partial charge in [0.05, 0.1) is 10.2 Å². The van der Waals surface area contributed by atoms with Gasteiger partial charge < -0.3 is 4.74 Å². The van der Waals surface area contributed by atoms with Crippen LogP contribution >= 0.6 is 23.3 Å². The van der Waals surface area contributed by atoms with Crippen molar-refractivity contribution in [1.82, 2.24) is 9.29 Å². The van der Waals surface area contributed by atoms with E-state index in [2.05, 4.69) is 15.4 Å². The number of nitrogens with zero attached hydrogens (tertiary/aromatic N) is 2. The molecule has 0 spiro atoms. The maximum Gasteiger partial charge on any atom is 0.166 e. The lowest BCUT2D eigenvalue weighted by molar-refractivity contribution is -0.0812. The fourth-order valence-corrected chi connectivity index (χ4v) is 3.27. The van der Waals surface area contributed by atoms with Gasteiger partial charge in [0, 0.05) is 0 Å². The highest BCUT2D eigenvalue weighted by molar-refractivity contribution is 7.98. The van der Waals surface area contributed by atoms with Crippen molar-refractivity contribution in [2.45, 2.75) is 4.34 Å². The maximum absolute atomic E-state index is 5.06. The van der Waals surface area contributed by atoms with Crippen LogP contribution in [0, 0.1) is 0 Å². The van der Waals surface area contributed by atoms with E-state index in [9.17, 15) is 0 Å². The van der Waals surface area contributed by atoms with Gasteiger partial charge in [-0.2, -0.15) is 4.31 Å². The molecule has 1 aromatic heterocycles. The summed E-state index contributed by atoms with van der Waals surface area (Å²) in [6.07, 6.45) is 0. The summed E-state index contributed by atoms with van der Waals surface area (Å²) in [5.41, 5.74) is 1.08. The Labute approximate surface area is 89.8 Å². The Bertz CT molecular complexity index is 420. The van der Waals surface area contributed by atoms with Crippen molar-refractivity contribution in [3.8, 4) is 0 Å². The second kappa shape index (κ2) is 3.51. The molecule has 72 valence electrons. The Balaban J connectivity index is 1.89. The number of ether oxygens (including phenoxy) is 1. The van der Waals surface area contributed by atoms with Gasteiger partial charge >= 0.3 is 0 Å². The van der Waals surface area contributed by atoms with Gasteiger partial charge in [0.2, 0.25) is 0 Å². The summed E-state index contributed by atoms with van der Waals surface area (Å²) in [5, 5.41) is 0. The van der Waals surface area contributed by atoms with Gasteiger partial charge in [0.1, 0.15) is 13.5 Å². The van der Waals surface area contributed by atoms with E-state index in [1.807, 2.05) is 18.2 Å². The molecule has 2 heterocycles. The third kappa shape index (κ3) is 1.52. The lowest BCUT2D eigenvalue weighted by Crippen LogP contribution is -2.33. The number of fused-ring (bicyclic) bond motifs is 1. The van der Waals surface area contributed by atoms with Crippen molar-refractivity contribution < 1.29 is 4.74 Å².